The first-order chi connectivity index (χ1) is 17.9. The molecule has 37 heavy (non-hydrogen) atoms. The SMILES string of the molecule is COc1cccc(CSc2nnc(C(C)NC(=O)COc3ccccc3)n2-c2ccc([N+](=O)[O-])cc2)c1. The fourth-order valence-corrected chi connectivity index (χ4v) is 4.45. The quantitative estimate of drug-likeness (QED) is 0.171. The molecule has 0 saturated carbocycles. The number of ether oxygens (including phenoxy) is 2. The fraction of sp³-hybridized carbons (Fsp3) is 0.192. The lowest BCUT2D eigenvalue weighted by Gasteiger charge is -2.16. The van der Waals surface area contributed by atoms with Crippen molar-refractivity contribution in [3.8, 4) is 17.2 Å². The second-order valence-corrected chi connectivity index (χ2v) is 8.92. The Bertz CT molecular complexity index is 1360. The van der Waals surface area contributed by atoms with Crippen molar-refractivity contribution in [3.63, 3.8) is 0 Å². The summed E-state index contributed by atoms with van der Waals surface area (Å²) in [7, 11) is 1.62. The first-order valence-electron chi connectivity index (χ1n) is 11.4. The molecule has 190 valence electrons. The van der Waals surface area contributed by atoms with E-state index in [1.807, 2.05) is 42.5 Å². The highest BCUT2D eigenvalue weighted by molar-refractivity contribution is 7.98. The number of methoxy groups -OCH3 is 1. The molecule has 0 bridgehead atoms. The molecule has 10 nitrogen and oxygen atoms in total. The molecule has 0 spiro atoms. The van der Waals surface area contributed by atoms with E-state index in [1.54, 1.807) is 42.9 Å². The van der Waals surface area contributed by atoms with Gasteiger partial charge in [0.05, 0.1) is 18.1 Å². The molecule has 1 N–H and O–H groups in total. The van der Waals surface area contributed by atoms with Crippen LogP contribution in [0, 0.1) is 10.1 Å². The van der Waals surface area contributed by atoms with Gasteiger partial charge in [0.2, 0.25) is 0 Å². The summed E-state index contributed by atoms with van der Waals surface area (Å²) in [5, 5.41) is 23.3. The minimum atomic E-state index is -0.513. The van der Waals surface area contributed by atoms with Crippen LogP contribution in [0.2, 0.25) is 0 Å². The number of thioether (sulfide) groups is 1. The van der Waals surface area contributed by atoms with E-state index in [-0.39, 0.29) is 18.2 Å². The van der Waals surface area contributed by atoms with E-state index < -0.39 is 11.0 Å². The van der Waals surface area contributed by atoms with Crippen LogP contribution < -0.4 is 14.8 Å². The van der Waals surface area contributed by atoms with Crippen LogP contribution in [-0.2, 0) is 10.5 Å². The van der Waals surface area contributed by atoms with E-state index in [9.17, 15) is 14.9 Å². The number of rotatable bonds is 11. The highest BCUT2D eigenvalue weighted by atomic mass is 32.2. The molecule has 1 atom stereocenters. The lowest BCUT2D eigenvalue weighted by molar-refractivity contribution is -0.384. The molecule has 0 saturated heterocycles. The Labute approximate surface area is 217 Å². The lowest BCUT2D eigenvalue weighted by atomic mass is 10.2. The summed E-state index contributed by atoms with van der Waals surface area (Å²) in [6.07, 6.45) is 0. The topological polar surface area (TPSA) is 121 Å². The Kier molecular flexibility index (Phi) is 8.37. The van der Waals surface area contributed by atoms with Gasteiger partial charge in [-0.15, -0.1) is 10.2 Å². The Morgan fingerprint density at radius 1 is 1.05 bits per heavy atom. The average Bonchev–Trinajstić information content (AvgIpc) is 3.35. The van der Waals surface area contributed by atoms with E-state index in [0.29, 0.717) is 28.2 Å². The maximum atomic E-state index is 12.6. The number of nitro groups is 1. The number of aromatic nitrogens is 3. The standard InChI is InChI=1S/C26H25N5O5S/c1-18(27-24(32)16-36-22-8-4-3-5-9-22)25-28-29-26(37-17-19-7-6-10-23(15-19)35-2)30(25)20-11-13-21(14-12-20)31(33)34/h3-15,18H,16-17H2,1-2H3,(H,27,32). The van der Waals surface area contributed by atoms with Crippen LogP contribution in [0.1, 0.15) is 24.4 Å². The van der Waals surface area contributed by atoms with Gasteiger partial charge in [0, 0.05) is 23.6 Å². The number of carbonyl (C=O) groups excluding carboxylic acids is 1. The number of amides is 1. The number of hydrogen-bond donors (Lipinski definition) is 1. The number of nitro benzene ring substituents is 1. The summed E-state index contributed by atoms with van der Waals surface area (Å²) in [6, 6.07) is 22.4. The largest absolute Gasteiger partial charge is 0.497 e. The van der Waals surface area contributed by atoms with Gasteiger partial charge in [0.15, 0.2) is 17.6 Å². The van der Waals surface area contributed by atoms with Crippen LogP contribution >= 0.6 is 11.8 Å². The molecule has 4 aromatic rings. The summed E-state index contributed by atoms with van der Waals surface area (Å²) in [4.78, 5) is 23.2. The van der Waals surface area contributed by atoms with Crippen LogP contribution in [0.3, 0.4) is 0 Å². The maximum absolute atomic E-state index is 12.6. The van der Waals surface area contributed by atoms with Gasteiger partial charge >= 0.3 is 0 Å². The third-order valence-corrected chi connectivity index (χ3v) is 6.36. The Morgan fingerprint density at radius 2 is 1.78 bits per heavy atom. The number of carbonyl (C=O) groups is 1. The minimum Gasteiger partial charge on any atom is -0.497 e. The number of nitrogens with one attached hydrogen (secondary N) is 1. The normalized spacial score (nSPS) is 11.5. The average molecular weight is 520 g/mol. The smallest absolute Gasteiger partial charge is 0.269 e. The zero-order valence-electron chi connectivity index (χ0n) is 20.2. The molecule has 0 aliphatic carbocycles. The number of benzene rings is 3. The van der Waals surface area contributed by atoms with Gasteiger partial charge in [-0.3, -0.25) is 19.5 Å². The molecule has 1 aromatic heterocycles. The molecule has 0 aliphatic heterocycles. The van der Waals surface area contributed by atoms with Crippen molar-refractivity contribution in [2.75, 3.05) is 13.7 Å². The summed E-state index contributed by atoms with van der Waals surface area (Å²) < 4.78 is 12.6. The second kappa shape index (κ2) is 12.0. The monoisotopic (exact) mass is 519 g/mol. The zero-order valence-corrected chi connectivity index (χ0v) is 21.1. The van der Waals surface area contributed by atoms with Crippen LogP contribution in [-0.4, -0.2) is 39.3 Å². The molecular weight excluding hydrogens is 494 g/mol. The summed E-state index contributed by atoms with van der Waals surface area (Å²) in [6.45, 7) is 1.64. The number of para-hydroxylation sites is 1. The minimum absolute atomic E-state index is 0.0247. The van der Waals surface area contributed by atoms with E-state index in [1.165, 1.54) is 23.9 Å². The van der Waals surface area contributed by atoms with Crippen molar-refractivity contribution in [2.45, 2.75) is 23.9 Å². The molecular formula is C26H25N5O5S. The predicted molar refractivity (Wildman–Crippen MR) is 139 cm³/mol. The second-order valence-electron chi connectivity index (χ2n) is 7.98. The molecule has 1 unspecified atom stereocenters. The lowest BCUT2D eigenvalue weighted by Crippen LogP contribution is -2.32. The van der Waals surface area contributed by atoms with Crippen molar-refractivity contribution >= 4 is 23.4 Å². The Balaban J connectivity index is 1.55. The van der Waals surface area contributed by atoms with Gasteiger partial charge in [-0.05, 0) is 48.9 Å². The van der Waals surface area contributed by atoms with Crippen molar-refractivity contribution in [1.82, 2.24) is 20.1 Å². The van der Waals surface area contributed by atoms with Gasteiger partial charge in [-0.2, -0.15) is 0 Å². The summed E-state index contributed by atoms with van der Waals surface area (Å²) >= 11 is 1.45. The van der Waals surface area contributed by atoms with E-state index in [0.717, 1.165) is 11.3 Å². The molecule has 0 aliphatic rings. The number of hydrogen-bond acceptors (Lipinski definition) is 8. The van der Waals surface area contributed by atoms with Crippen LogP contribution in [0.15, 0.2) is 84.0 Å². The van der Waals surface area contributed by atoms with Gasteiger partial charge in [-0.25, -0.2) is 0 Å². The van der Waals surface area contributed by atoms with Crippen molar-refractivity contribution in [1.29, 1.82) is 0 Å². The number of nitrogens with zero attached hydrogens (tertiary/aromatic N) is 4. The molecule has 1 amide bonds. The van der Waals surface area contributed by atoms with Crippen LogP contribution in [0.4, 0.5) is 5.69 Å². The van der Waals surface area contributed by atoms with Crippen molar-refractivity contribution < 1.29 is 19.2 Å². The first-order valence-corrected chi connectivity index (χ1v) is 12.4. The van der Waals surface area contributed by atoms with E-state index in [4.69, 9.17) is 9.47 Å². The van der Waals surface area contributed by atoms with E-state index >= 15 is 0 Å². The highest BCUT2D eigenvalue weighted by Crippen LogP contribution is 2.29. The summed E-state index contributed by atoms with van der Waals surface area (Å²) in [5.41, 5.74) is 1.65. The van der Waals surface area contributed by atoms with Gasteiger partial charge in [-0.1, -0.05) is 42.1 Å². The molecule has 0 fully saturated rings. The molecule has 11 heteroatoms. The predicted octanol–water partition coefficient (Wildman–Crippen LogP) is 4.73. The maximum Gasteiger partial charge on any atom is 0.269 e. The third-order valence-electron chi connectivity index (χ3n) is 5.36. The van der Waals surface area contributed by atoms with Gasteiger partial charge in [0.1, 0.15) is 11.5 Å². The van der Waals surface area contributed by atoms with Crippen molar-refractivity contribution in [3.05, 3.63) is 100 Å². The van der Waals surface area contributed by atoms with Crippen molar-refractivity contribution in [2.24, 2.45) is 0 Å². The third kappa shape index (κ3) is 6.64. The zero-order chi connectivity index (χ0) is 26.2. The molecule has 4 rings (SSSR count). The Hall–Kier alpha value is -4.38. The van der Waals surface area contributed by atoms with Crippen LogP contribution in [0.25, 0.3) is 5.69 Å². The van der Waals surface area contributed by atoms with Gasteiger partial charge in [0.25, 0.3) is 11.6 Å². The van der Waals surface area contributed by atoms with E-state index in [2.05, 4.69) is 15.5 Å². The molecule has 0 radical (unpaired) electrons. The highest BCUT2D eigenvalue weighted by Gasteiger charge is 2.22. The van der Waals surface area contributed by atoms with Crippen LogP contribution in [0.5, 0.6) is 11.5 Å². The fourth-order valence-electron chi connectivity index (χ4n) is 3.54. The number of non-ortho nitro benzene ring substituents is 1. The first kappa shape index (κ1) is 25.7. The molecule has 3 aromatic carbocycles. The summed E-state index contributed by atoms with van der Waals surface area (Å²) in [5.74, 6) is 2.10. The van der Waals surface area contributed by atoms with Gasteiger partial charge < -0.3 is 14.8 Å². The Morgan fingerprint density at radius 3 is 2.49 bits per heavy atom. The molecule has 1 heterocycles.